The Morgan fingerprint density at radius 3 is 2.77 bits per heavy atom. The Hall–Kier alpha value is -0.410. The highest BCUT2D eigenvalue weighted by Gasteiger charge is 2.19. The lowest BCUT2D eigenvalue weighted by Gasteiger charge is -2.25. The van der Waals surface area contributed by atoms with Crippen molar-refractivity contribution >= 4 is 11.3 Å². The van der Waals surface area contributed by atoms with Crippen LogP contribution in [0, 0.1) is 5.92 Å². The molecule has 0 unspecified atom stereocenters. The lowest BCUT2D eigenvalue weighted by atomic mass is 9.85. The Kier molecular flexibility index (Phi) is 2.96. The fourth-order valence-electron chi connectivity index (χ4n) is 1.99. The van der Waals surface area contributed by atoms with E-state index in [0.29, 0.717) is 6.04 Å². The van der Waals surface area contributed by atoms with Gasteiger partial charge in [0.1, 0.15) is 0 Å². The van der Waals surface area contributed by atoms with Crippen LogP contribution < -0.4 is 5.73 Å². The summed E-state index contributed by atoms with van der Waals surface area (Å²) in [4.78, 5) is 4.32. The lowest BCUT2D eigenvalue weighted by molar-refractivity contribution is 0.324. The minimum atomic E-state index is 0.465. The summed E-state index contributed by atoms with van der Waals surface area (Å²) in [5, 5.41) is 3.35. The molecule has 0 saturated heterocycles. The maximum absolute atomic E-state index is 5.86. The van der Waals surface area contributed by atoms with Crippen LogP contribution in [0.3, 0.4) is 0 Å². The van der Waals surface area contributed by atoms with E-state index in [-0.39, 0.29) is 0 Å². The molecule has 1 saturated carbocycles. The molecule has 72 valence electrons. The minimum Gasteiger partial charge on any atom is -0.328 e. The normalized spacial score (nSPS) is 29.0. The summed E-state index contributed by atoms with van der Waals surface area (Å²) in [7, 11) is 0. The molecule has 3 heteroatoms. The molecule has 0 amide bonds. The zero-order valence-corrected chi connectivity index (χ0v) is 8.59. The summed E-state index contributed by atoms with van der Waals surface area (Å²) in [5.74, 6) is 0.839. The van der Waals surface area contributed by atoms with Gasteiger partial charge in [-0.2, -0.15) is 0 Å². The predicted octanol–water partition coefficient (Wildman–Crippen LogP) is 2.20. The fourth-order valence-corrected chi connectivity index (χ4v) is 2.73. The second kappa shape index (κ2) is 4.20. The quantitative estimate of drug-likeness (QED) is 0.787. The number of thiazole rings is 1. The summed E-state index contributed by atoms with van der Waals surface area (Å²) in [6.45, 7) is 0. The van der Waals surface area contributed by atoms with E-state index in [1.54, 1.807) is 11.3 Å². The molecule has 1 aliphatic carbocycles. The van der Waals surface area contributed by atoms with Crippen molar-refractivity contribution in [3.8, 4) is 0 Å². The lowest BCUT2D eigenvalue weighted by Crippen LogP contribution is -2.27. The summed E-state index contributed by atoms with van der Waals surface area (Å²) >= 11 is 1.78. The van der Waals surface area contributed by atoms with Gasteiger partial charge >= 0.3 is 0 Å². The van der Waals surface area contributed by atoms with E-state index >= 15 is 0 Å². The molecule has 2 rings (SSSR count). The molecule has 0 aromatic carbocycles. The van der Waals surface area contributed by atoms with Crippen LogP contribution in [0.4, 0.5) is 0 Å². The molecule has 1 aliphatic rings. The van der Waals surface area contributed by atoms with E-state index in [0.717, 1.165) is 5.92 Å². The van der Waals surface area contributed by atoms with Crippen LogP contribution in [0.1, 0.15) is 30.7 Å². The van der Waals surface area contributed by atoms with Gasteiger partial charge in [0.05, 0.1) is 5.01 Å². The fraction of sp³-hybridized carbons (Fsp3) is 0.700. The third-order valence-corrected chi connectivity index (χ3v) is 3.64. The van der Waals surface area contributed by atoms with E-state index in [2.05, 4.69) is 10.4 Å². The van der Waals surface area contributed by atoms with E-state index in [4.69, 9.17) is 5.73 Å². The number of hydrogen-bond donors (Lipinski definition) is 1. The van der Waals surface area contributed by atoms with Gasteiger partial charge in [-0.05, 0) is 31.6 Å². The maximum Gasteiger partial charge on any atom is 0.0927 e. The third kappa shape index (κ3) is 2.51. The molecule has 0 bridgehead atoms. The first kappa shape index (κ1) is 9.16. The van der Waals surface area contributed by atoms with Gasteiger partial charge in [-0.25, -0.2) is 4.98 Å². The van der Waals surface area contributed by atoms with Crippen LogP contribution >= 0.6 is 11.3 Å². The van der Waals surface area contributed by atoms with E-state index in [9.17, 15) is 0 Å². The highest BCUT2D eigenvalue weighted by Crippen LogP contribution is 2.26. The SMILES string of the molecule is NC1CCC(Cc2nccs2)CC1. The smallest absolute Gasteiger partial charge is 0.0927 e. The summed E-state index contributed by atoms with van der Waals surface area (Å²) < 4.78 is 0. The Labute approximate surface area is 83.2 Å². The molecule has 1 heterocycles. The number of nitrogens with zero attached hydrogens (tertiary/aromatic N) is 1. The number of aromatic nitrogens is 1. The average molecular weight is 196 g/mol. The Balaban J connectivity index is 1.83. The topological polar surface area (TPSA) is 38.9 Å². The Morgan fingerprint density at radius 1 is 1.38 bits per heavy atom. The van der Waals surface area contributed by atoms with Gasteiger partial charge in [0, 0.05) is 24.0 Å². The first-order valence-corrected chi connectivity index (χ1v) is 5.86. The van der Waals surface area contributed by atoms with Crippen molar-refractivity contribution in [1.82, 2.24) is 4.98 Å². The van der Waals surface area contributed by atoms with Crippen molar-refractivity contribution in [3.63, 3.8) is 0 Å². The van der Waals surface area contributed by atoms with Crippen LogP contribution in [-0.4, -0.2) is 11.0 Å². The minimum absolute atomic E-state index is 0.465. The van der Waals surface area contributed by atoms with Gasteiger partial charge in [-0.1, -0.05) is 0 Å². The van der Waals surface area contributed by atoms with E-state index in [1.807, 2.05) is 6.20 Å². The van der Waals surface area contributed by atoms with Crippen LogP contribution in [0.15, 0.2) is 11.6 Å². The number of nitrogens with two attached hydrogens (primary N) is 1. The Bertz CT molecular complexity index is 237. The van der Waals surface area contributed by atoms with Crippen LogP contribution in [0.5, 0.6) is 0 Å². The van der Waals surface area contributed by atoms with Gasteiger partial charge in [-0.15, -0.1) is 11.3 Å². The van der Waals surface area contributed by atoms with Crippen molar-refractivity contribution in [1.29, 1.82) is 0 Å². The largest absolute Gasteiger partial charge is 0.328 e. The monoisotopic (exact) mass is 196 g/mol. The molecule has 13 heavy (non-hydrogen) atoms. The maximum atomic E-state index is 5.86. The molecule has 0 radical (unpaired) electrons. The molecule has 0 spiro atoms. The molecule has 1 aromatic heterocycles. The van der Waals surface area contributed by atoms with E-state index < -0.39 is 0 Å². The second-order valence-corrected chi connectivity index (χ2v) is 4.89. The van der Waals surface area contributed by atoms with Gasteiger partial charge < -0.3 is 5.73 Å². The molecular formula is C10H16N2S. The molecule has 0 atom stereocenters. The molecule has 2 nitrogen and oxygen atoms in total. The molecule has 1 aromatic rings. The standard InChI is InChI=1S/C10H16N2S/c11-9-3-1-8(2-4-9)7-10-12-5-6-13-10/h5-6,8-9H,1-4,7,11H2. The molecule has 2 N–H and O–H groups in total. The van der Waals surface area contributed by atoms with Crippen LogP contribution in [-0.2, 0) is 6.42 Å². The van der Waals surface area contributed by atoms with Gasteiger partial charge in [0.2, 0.25) is 0 Å². The van der Waals surface area contributed by atoms with Gasteiger partial charge in [0.15, 0.2) is 0 Å². The molecule has 1 fully saturated rings. The first-order valence-electron chi connectivity index (χ1n) is 4.98. The molecule has 0 aliphatic heterocycles. The van der Waals surface area contributed by atoms with Crippen molar-refractivity contribution in [2.75, 3.05) is 0 Å². The average Bonchev–Trinajstić information content (AvgIpc) is 2.62. The third-order valence-electron chi connectivity index (χ3n) is 2.84. The summed E-state index contributed by atoms with van der Waals surface area (Å²) in [6.07, 6.45) is 8.06. The van der Waals surface area contributed by atoms with Crippen molar-refractivity contribution < 1.29 is 0 Å². The zero-order valence-electron chi connectivity index (χ0n) is 7.78. The number of rotatable bonds is 2. The van der Waals surface area contributed by atoms with Crippen molar-refractivity contribution in [2.45, 2.75) is 38.1 Å². The summed E-state index contributed by atoms with van der Waals surface area (Å²) in [5.41, 5.74) is 5.86. The van der Waals surface area contributed by atoms with Crippen LogP contribution in [0.2, 0.25) is 0 Å². The van der Waals surface area contributed by atoms with Crippen LogP contribution in [0.25, 0.3) is 0 Å². The van der Waals surface area contributed by atoms with Crippen molar-refractivity contribution in [2.24, 2.45) is 11.7 Å². The predicted molar refractivity (Wildman–Crippen MR) is 55.8 cm³/mol. The summed E-state index contributed by atoms with van der Waals surface area (Å²) in [6, 6.07) is 0.465. The zero-order chi connectivity index (χ0) is 9.10. The second-order valence-electron chi connectivity index (χ2n) is 3.91. The highest BCUT2D eigenvalue weighted by molar-refractivity contribution is 7.09. The van der Waals surface area contributed by atoms with Gasteiger partial charge in [-0.3, -0.25) is 0 Å². The van der Waals surface area contributed by atoms with E-state index in [1.165, 1.54) is 37.1 Å². The number of hydrogen-bond acceptors (Lipinski definition) is 3. The highest BCUT2D eigenvalue weighted by atomic mass is 32.1. The Morgan fingerprint density at radius 2 is 2.15 bits per heavy atom. The first-order chi connectivity index (χ1) is 6.34. The van der Waals surface area contributed by atoms with Gasteiger partial charge in [0.25, 0.3) is 0 Å². The van der Waals surface area contributed by atoms with Crippen molar-refractivity contribution in [3.05, 3.63) is 16.6 Å². The molecular weight excluding hydrogens is 180 g/mol.